The molecule has 0 amide bonds. The van der Waals surface area contributed by atoms with Crippen LogP contribution in [0.3, 0.4) is 0 Å². The summed E-state index contributed by atoms with van der Waals surface area (Å²) in [6, 6.07) is 9.93. The van der Waals surface area contributed by atoms with E-state index in [2.05, 4.69) is 28.2 Å². The van der Waals surface area contributed by atoms with Gasteiger partial charge in [-0.3, -0.25) is 0 Å². The van der Waals surface area contributed by atoms with Gasteiger partial charge in [-0.05, 0) is 62.2 Å². The van der Waals surface area contributed by atoms with Crippen LogP contribution in [0.25, 0.3) is 10.9 Å². The molecule has 0 saturated carbocycles. The fraction of sp³-hybridized carbons (Fsp3) is 0.471. The number of nitrogen functional groups attached to an aromatic ring is 1. The molecule has 1 aliphatic rings. The molecule has 2 heterocycles. The number of likely N-dealkylation sites (tertiary alicyclic amines) is 1. The molecule has 0 unspecified atom stereocenters. The van der Waals surface area contributed by atoms with E-state index in [9.17, 15) is 0 Å². The molecule has 4 heteroatoms. The second kappa shape index (κ2) is 6.31. The number of anilines is 2. The van der Waals surface area contributed by atoms with E-state index in [1.807, 2.05) is 24.3 Å². The lowest BCUT2D eigenvalue weighted by molar-refractivity contribution is 0.199. The summed E-state index contributed by atoms with van der Waals surface area (Å²) in [5.74, 6) is 1.83. The molecule has 21 heavy (non-hydrogen) atoms. The Labute approximate surface area is 126 Å². The lowest BCUT2D eigenvalue weighted by Gasteiger charge is -2.30. The molecule has 1 fully saturated rings. The predicted molar refractivity (Wildman–Crippen MR) is 89.5 cm³/mol. The van der Waals surface area contributed by atoms with Crippen molar-refractivity contribution < 1.29 is 0 Å². The molecular formula is C17H24N4. The van der Waals surface area contributed by atoms with E-state index in [0.717, 1.165) is 41.4 Å². The average Bonchev–Trinajstić information content (AvgIpc) is 2.49. The number of benzene rings is 1. The van der Waals surface area contributed by atoms with Gasteiger partial charge in [-0.1, -0.05) is 6.92 Å². The SMILES string of the molecule is CC1CCN(CCNc2ccc3cc(N)ccc3n2)CC1. The number of nitrogens with two attached hydrogens (primary N) is 1. The number of fused-ring (bicyclic) bond motifs is 1. The molecule has 4 nitrogen and oxygen atoms in total. The quantitative estimate of drug-likeness (QED) is 0.848. The predicted octanol–water partition coefficient (Wildman–Crippen LogP) is 2.96. The Bertz CT molecular complexity index is 603. The van der Waals surface area contributed by atoms with Crippen LogP contribution in [-0.2, 0) is 0 Å². The van der Waals surface area contributed by atoms with Crippen LogP contribution >= 0.6 is 0 Å². The van der Waals surface area contributed by atoms with E-state index >= 15 is 0 Å². The first-order valence-electron chi connectivity index (χ1n) is 7.83. The first-order valence-corrected chi connectivity index (χ1v) is 7.83. The highest BCUT2D eigenvalue weighted by molar-refractivity contribution is 5.83. The van der Waals surface area contributed by atoms with Crippen molar-refractivity contribution in [1.82, 2.24) is 9.88 Å². The standard InChI is InChI=1S/C17H24N4/c1-13-6-9-21(10-7-13)11-8-19-17-5-2-14-12-15(18)3-4-16(14)20-17/h2-5,12-13H,6-11,18H2,1H3,(H,19,20). The fourth-order valence-corrected chi connectivity index (χ4v) is 2.87. The first-order chi connectivity index (χ1) is 10.2. The largest absolute Gasteiger partial charge is 0.399 e. The molecule has 0 atom stereocenters. The molecular weight excluding hydrogens is 260 g/mol. The Morgan fingerprint density at radius 1 is 1.24 bits per heavy atom. The summed E-state index contributed by atoms with van der Waals surface area (Å²) < 4.78 is 0. The van der Waals surface area contributed by atoms with Crippen LogP contribution in [0.15, 0.2) is 30.3 Å². The molecule has 3 rings (SSSR count). The van der Waals surface area contributed by atoms with Crippen LogP contribution in [-0.4, -0.2) is 36.1 Å². The van der Waals surface area contributed by atoms with Crippen molar-refractivity contribution in [3.05, 3.63) is 30.3 Å². The number of aromatic nitrogens is 1. The van der Waals surface area contributed by atoms with E-state index in [4.69, 9.17) is 5.73 Å². The Morgan fingerprint density at radius 3 is 2.86 bits per heavy atom. The number of piperidine rings is 1. The van der Waals surface area contributed by atoms with Crippen LogP contribution in [0, 0.1) is 5.92 Å². The maximum absolute atomic E-state index is 5.79. The lowest BCUT2D eigenvalue weighted by atomic mass is 9.99. The van der Waals surface area contributed by atoms with Crippen molar-refractivity contribution in [2.24, 2.45) is 5.92 Å². The van der Waals surface area contributed by atoms with Crippen LogP contribution in [0.4, 0.5) is 11.5 Å². The van der Waals surface area contributed by atoms with Gasteiger partial charge in [0.05, 0.1) is 5.52 Å². The fourth-order valence-electron chi connectivity index (χ4n) is 2.87. The Morgan fingerprint density at radius 2 is 2.05 bits per heavy atom. The van der Waals surface area contributed by atoms with Crippen molar-refractivity contribution >= 4 is 22.4 Å². The number of nitrogens with one attached hydrogen (secondary N) is 1. The van der Waals surface area contributed by atoms with Crippen molar-refractivity contribution in [3.8, 4) is 0 Å². The van der Waals surface area contributed by atoms with Crippen molar-refractivity contribution in [2.75, 3.05) is 37.2 Å². The van der Waals surface area contributed by atoms with Gasteiger partial charge in [-0.25, -0.2) is 4.98 Å². The highest BCUT2D eigenvalue weighted by atomic mass is 15.1. The van der Waals surface area contributed by atoms with Gasteiger partial charge in [0.15, 0.2) is 0 Å². The summed E-state index contributed by atoms with van der Waals surface area (Å²) in [5.41, 5.74) is 7.55. The van der Waals surface area contributed by atoms with Gasteiger partial charge in [0.1, 0.15) is 5.82 Å². The first kappa shape index (κ1) is 14.1. The van der Waals surface area contributed by atoms with Crippen molar-refractivity contribution in [2.45, 2.75) is 19.8 Å². The molecule has 0 spiro atoms. The lowest BCUT2D eigenvalue weighted by Crippen LogP contribution is -2.36. The van der Waals surface area contributed by atoms with E-state index in [1.54, 1.807) is 0 Å². The van der Waals surface area contributed by atoms with Crippen LogP contribution in [0.2, 0.25) is 0 Å². The van der Waals surface area contributed by atoms with Gasteiger partial charge < -0.3 is 16.0 Å². The topological polar surface area (TPSA) is 54.2 Å². The van der Waals surface area contributed by atoms with Gasteiger partial charge in [0, 0.05) is 24.2 Å². The molecule has 3 N–H and O–H groups in total. The van der Waals surface area contributed by atoms with Gasteiger partial charge >= 0.3 is 0 Å². The Kier molecular flexibility index (Phi) is 4.25. The third-order valence-electron chi connectivity index (χ3n) is 4.32. The molecule has 1 aromatic heterocycles. The third kappa shape index (κ3) is 3.64. The molecule has 1 aliphatic heterocycles. The zero-order valence-corrected chi connectivity index (χ0v) is 12.7. The second-order valence-corrected chi connectivity index (χ2v) is 6.10. The average molecular weight is 284 g/mol. The van der Waals surface area contributed by atoms with Crippen molar-refractivity contribution in [1.29, 1.82) is 0 Å². The maximum Gasteiger partial charge on any atom is 0.126 e. The second-order valence-electron chi connectivity index (χ2n) is 6.10. The normalized spacial score (nSPS) is 17.2. The molecule has 0 aliphatic carbocycles. The molecule has 2 aromatic rings. The molecule has 0 radical (unpaired) electrons. The minimum absolute atomic E-state index is 0.782. The Balaban J connectivity index is 1.54. The zero-order chi connectivity index (χ0) is 14.7. The number of hydrogen-bond acceptors (Lipinski definition) is 4. The smallest absolute Gasteiger partial charge is 0.126 e. The van der Waals surface area contributed by atoms with E-state index in [1.165, 1.54) is 25.9 Å². The summed E-state index contributed by atoms with van der Waals surface area (Å²) in [5, 5.41) is 4.51. The van der Waals surface area contributed by atoms with E-state index in [-0.39, 0.29) is 0 Å². The number of nitrogens with zero attached hydrogens (tertiary/aromatic N) is 2. The summed E-state index contributed by atoms with van der Waals surface area (Å²) in [6.45, 7) is 6.85. The molecule has 1 aromatic carbocycles. The van der Waals surface area contributed by atoms with E-state index in [0.29, 0.717) is 0 Å². The summed E-state index contributed by atoms with van der Waals surface area (Å²) in [4.78, 5) is 7.16. The third-order valence-corrected chi connectivity index (χ3v) is 4.32. The van der Waals surface area contributed by atoms with Crippen LogP contribution in [0.5, 0.6) is 0 Å². The van der Waals surface area contributed by atoms with Gasteiger partial charge in [0.2, 0.25) is 0 Å². The van der Waals surface area contributed by atoms with Crippen LogP contribution < -0.4 is 11.1 Å². The summed E-state index contributed by atoms with van der Waals surface area (Å²) in [6.07, 6.45) is 2.66. The molecule has 1 saturated heterocycles. The number of rotatable bonds is 4. The van der Waals surface area contributed by atoms with E-state index < -0.39 is 0 Å². The molecule has 112 valence electrons. The van der Waals surface area contributed by atoms with Gasteiger partial charge in [-0.15, -0.1) is 0 Å². The highest BCUT2D eigenvalue weighted by Crippen LogP contribution is 2.18. The summed E-state index contributed by atoms with van der Waals surface area (Å²) in [7, 11) is 0. The Hall–Kier alpha value is -1.81. The maximum atomic E-state index is 5.79. The van der Waals surface area contributed by atoms with Crippen LogP contribution in [0.1, 0.15) is 19.8 Å². The summed E-state index contributed by atoms with van der Waals surface area (Å²) >= 11 is 0. The monoisotopic (exact) mass is 284 g/mol. The number of hydrogen-bond donors (Lipinski definition) is 2. The zero-order valence-electron chi connectivity index (χ0n) is 12.7. The van der Waals surface area contributed by atoms with Gasteiger partial charge in [0.25, 0.3) is 0 Å². The highest BCUT2D eigenvalue weighted by Gasteiger charge is 2.14. The van der Waals surface area contributed by atoms with Crippen molar-refractivity contribution in [3.63, 3.8) is 0 Å². The minimum Gasteiger partial charge on any atom is -0.399 e. The number of pyridine rings is 1. The molecule has 0 bridgehead atoms. The minimum atomic E-state index is 0.782. The van der Waals surface area contributed by atoms with Gasteiger partial charge in [-0.2, -0.15) is 0 Å².